The van der Waals surface area contributed by atoms with E-state index in [0.29, 0.717) is 0 Å². The average molecular weight is 272 g/mol. The summed E-state index contributed by atoms with van der Waals surface area (Å²) in [6.45, 7) is 4.84. The first-order valence-corrected chi connectivity index (χ1v) is 7.49. The third kappa shape index (κ3) is 2.89. The number of likely N-dealkylation sites (tertiary alicyclic amines) is 2. The van der Waals surface area contributed by atoms with Crippen LogP contribution in [0.4, 0.5) is 0 Å². The highest BCUT2D eigenvalue weighted by Crippen LogP contribution is 2.29. The number of benzene rings is 1. The van der Waals surface area contributed by atoms with Crippen LogP contribution in [0.1, 0.15) is 12.0 Å². The number of likely N-dealkylation sites (N-methyl/N-ethyl adjacent to an activating group) is 1. The molecule has 2 heterocycles. The van der Waals surface area contributed by atoms with E-state index in [9.17, 15) is 0 Å². The SMILES string of the molecule is COc1ccc(/C=C/CN2C[C@@H]3CCN(C)[C@@H]3C2)cc1. The summed E-state index contributed by atoms with van der Waals surface area (Å²) < 4.78 is 5.17. The van der Waals surface area contributed by atoms with Crippen molar-refractivity contribution in [1.29, 1.82) is 0 Å². The first-order chi connectivity index (χ1) is 9.76. The lowest BCUT2D eigenvalue weighted by Gasteiger charge is -2.19. The molecule has 108 valence electrons. The number of nitrogens with zero attached hydrogens (tertiary/aromatic N) is 2. The predicted molar refractivity (Wildman–Crippen MR) is 83.0 cm³/mol. The van der Waals surface area contributed by atoms with Crippen LogP contribution >= 0.6 is 0 Å². The Morgan fingerprint density at radius 1 is 1.25 bits per heavy atom. The van der Waals surface area contributed by atoms with Gasteiger partial charge in [0.25, 0.3) is 0 Å². The number of ether oxygens (including phenoxy) is 1. The molecular formula is C17H24N2O. The topological polar surface area (TPSA) is 15.7 Å². The molecule has 0 N–H and O–H groups in total. The Bertz CT molecular complexity index is 468. The van der Waals surface area contributed by atoms with Crippen molar-refractivity contribution in [3.63, 3.8) is 0 Å². The highest BCUT2D eigenvalue weighted by molar-refractivity contribution is 5.50. The Kier molecular flexibility index (Phi) is 4.08. The van der Waals surface area contributed by atoms with Crippen molar-refractivity contribution in [3.8, 4) is 5.75 Å². The van der Waals surface area contributed by atoms with Gasteiger partial charge in [-0.25, -0.2) is 0 Å². The molecule has 2 saturated heterocycles. The van der Waals surface area contributed by atoms with Gasteiger partial charge in [-0.1, -0.05) is 24.3 Å². The second kappa shape index (κ2) is 5.98. The van der Waals surface area contributed by atoms with Gasteiger partial charge in [-0.15, -0.1) is 0 Å². The molecule has 20 heavy (non-hydrogen) atoms. The average Bonchev–Trinajstić information content (AvgIpc) is 3.02. The van der Waals surface area contributed by atoms with Gasteiger partial charge in [0.2, 0.25) is 0 Å². The van der Waals surface area contributed by atoms with Gasteiger partial charge in [0.15, 0.2) is 0 Å². The van der Waals surface area contributed by atoms with E-state index in [2.05, 4.69) is 41.1 Å². The van der Waals surface area contributed by atoms with Gasteiger partial charge < -0.3 is 9.64 Å². The summed E-state index contributed by atoms with van der Waals surface area (Å²) in [6, 6.07) is 9.01. The molecule has 3 heteroatoms. The van der Waals surface area contributed by atoms with Crippen molar-refractivity contribution >= 4 is 6.08 Å². The minimum atomic E-state index is 0.796. The summed E-state index contributed by atoms with van der Waals surface area (Å²) in [6.07, 6.45) is 5.86. The molecule has 1 aromatic rings. The summed E-state index contributed by atoms with van der Waals surface area (Å²) >= 11 is 0. The number of hydrogen-bond donors (Lipinski definition) is 0. The zero-order valence-corrected chi connectivity index (χ0v) is 12.5. The van der Waals surface area contributed by atoms with Gasteiger partial charge in [0, 0.05) is 25.7 Å². The van der Waals surface area contributed by atoms with E-state index in [-0.39, 0.29) is 0 Å². The Morgan fingerprint density at radius 2 is 2.05 bits per heavy atom. The van der Waals surface area contributed by atoms with Crippen molar-refractivity contribution in [1.82, 2.24) is 9.80 Å². The minimum Gasteiger partial charge on any atom is -0.497 e. The molecule has 1 aromatic carbocycles. The lowest BCUT2D eigenvalue weighted by Crippen LogP contribution is -2.32. The van der Waals surface area contributed by atoms with E-state index in [1.807, 2.05) is 12.1 Å². The second-order valence-corrected chi connectivity index (χ2v) is 5.99. The zero-order chi connectivity index (χ0) is 13.9. The van der Waals surface area contributed by atoms with Crippen LogP contribution in [0.3, 0.4) is 0 Å². The molecule has 0 amide bonds. The van der Waals surface area contributed by atoms with E-state index in [4.69, 9.17) is 4.74 Å². The molecule has 3 nitrogen and oxygen atoms in total. The monoisotopic (exact) mass is 272 g/mol. The molecule has 0 aromatic heterocycles. The largest absolute Gasteiger partial charge is 0.497 e. The Morgan fingerprint density at radius 3 is 2.75 bits per heavy atom. The van der Waals surface area contributed by atoms with E-state index in [1.54, 1.807) is 7.11 Å². The molecular weight excluding hydrogens is 248 g/mol. The fourth-order valence-corrected chi connectivity index (χ4v) is 3.46. The van der Waals surface area contributed by atoms with E-state index in [0.717, 1.165) is 24.3 Å². The lowest BCUT2D eigenvalue weighted by atomic mass is 10.1. The normalized spacial score (nSPS) is 27.3. The van der Waals surface area contributed by atoms with Crippen molar-refractivity contribution in [2.45, 2.75) is 12.5 Å². The van der Waals surface area contributed by atoms with Gasteiger partial charge in [-0.2, -0.15) is 0 Å². The summed E-state index contributed by atoms with van der Waals surface area (Å²) in [4.78, 5) is 5.10. The van der Waals surface area contributed by atoms with Crippen LogP contribution in [0.2, 0.25) is 0 Å². The maximum atomic E-state index is 5.17. The van der Waals surface area contributed by atoms with Crippen molar-refractivity contribution in [2.75, 3.05) is 40.3 Å². The predicted octanol–water partition coefficient (Wildman–Crippen LogP) is 2.34. The van der Waals surface area contributed by atoms with Gasteiger partial charge in [-0.05, 0) is 43.6 Å². The molecule has 2 fully saturated rings. The lowest BCUT2D eigenvalue weighted by molar-refractivity contribution is 0.272. The maximum Gasteiger partial charge on any atom is 0.118 e. The summed E-state index contributed by atoms with van der Waals surface area (Å²) in [7, 11) is 3.97. The number of methoxy groups -OCH3 is 1. The van der Waals surface area contributed by atoms with Crippen LogP contribution in [0.25, 0.3) is 6.08 Å². The van der Waals surface area contributed by atoms with Crippen molar-refractivity contribution in [3.05, 3.63) is 35.9 Å². The number of rotatable bonds is 4. The first kappa shape index (κ1) is 13.7. The van der Waals surface area contributed by atoms with E-state index >= 15 is 0 Å². The van der Waals surface area contributed by atoms with Gasteiger partial charge >= 0.3 is 0 Å². The zero-order valence-electron chi connectivity index (χ0n) is 12.5. The first-order valence-electron chi connectivity index (χ1n) is 7.49. The third-order valence-corrected chi connectivity index (χ3v) is 4.69. The highest BCUT2D eigenvalue weighted by Gasteiger charge is 2.38. The quantitative estimate of drug-likeness (QED) is 0.837. The van der Waals surface area contributed by atoms with Crippen molar-refractivity contribution in [2.24, 2.45) is 5.92 Å². The van der Waals surface area contributed by atoms with Crippen molar-refractivity contribution < 1.29 is 4.74 Å². The minimum absolute atomic E-state index is 0.796. The van der Waals surface area contributed by atoms with Crippen LogP contribution in [0.5, 0.6) is 5.75 Å². The van der Waals surface area contributed by atoms with Crippen LogP contribution in [0, 0.1) is 5.92 Å². The fraction of sp³-hybridized carbons (Fsp3) is 0.529. The molecule has 0 radical (unpaired) electrons. The number of hydrogen-bond acceptors (Lipinski definition) is 3. The summed E-state index contributed by atoms with van der Waals surface area (Å²) in [5.41, 5.74) is 1.24. The molecule has 3 rings (SSSR count). The molecule has 0 bridgehead atoms. The van der Waals surface area contributed by atoms with Gasteiger partial charge in [-0.3, -0.25) is 4.90 Å². The summed E-state index contributed by atoms with van der Waals surface area (Å²) in [5, 5.41) is 0. The Hall–Kier alpha value is -1.32. The standard InChI is InChI=1S/C17H24N2O/c1-18-11-9-15-12-19(13-17(15)18)10-3-4-14-5-7-16(20-2)8-6-14/h3-8,15,17H,9-13H2,1-2H3/b4-3+/t15-,17+/m0/s1. The third-order valence-electron chi connectivity index (χ3n) is 4.69. The Labute approximate surface area is 121 Å². The second-order valence-electron chi connectivity index (χ2n) is 5.99. The van der Waals surface area contributed by atoms with Crippen LogP contribution in [-0.4, -0.2) is 56.2 Å². The molecule has 0 spiro atoms. The van der Waals surface area contributed by atoms with Gasteiger partial charge in [0.05, 0.1) is 7.11 Å². The summed E-state index contributed by atoms with van der Waals surface area (Å²) in [5.74, 6) is 1.81. The van der Waals surface area contributed by atoms with E-state index in [1.165, 1.54) is 31.6 Å². The van der Waals surface area contributed by atoms with Crippen LogP contribution < -0.4 is 4.74 Å². The molecule has 2 aliphatic heterocycles. The van der Waals surface area contributed by atoms with E-state index < -0.39 is 0 Å². The highest BCUT2D eigenvalue weighted by atomic mass is 16.5. The molecule has 2 aliphatic rings. The van der Waals surface area contributed by atoms with Gasteiger partial charge in [0.1, 0.15) is 5.75 Å². The molecule has 2 atom stereocenters. The van der Waals surface area contributed by atoms with Crippen LogP contribution in [-0.2, 0) is 0 Å². The number of fused-ring (bicyclic) bond motifs is 1. The smallest absolute Gasteiger partial charge is 0.118 e. The van der Waals surface area contributed by atoms with Crippen LogP contribution in [0.15, 0.2) is 30.3 Å². The molecule has 0 aliphatic carbocycles. The fourth-order valence-electron chi connectivity index (χ4n) is 3.46. The molecule has 0 saturated carbocycles. The maximum absolute atomic E-state index is 5.17. The Balaban J connectivity index is 1.51. The molecule has 0 unspecified atom stereocenters.